The van der Waals surface area contributed by atoms with Crippen molar-refractivity contribution in [3.8, 4) is 22.6 Å². The maximum Gasteiger partial charge on any atom is 0.159 e. The van der Waals surface area contributed by atoms with Crippen molar-refractivity contribution in [2.24, 2.45) is 0 Å². The Bertz CT molecular complexity index is 1790. The van der Waals surface area contributed by atoms with Crippen LogP contribution in [0.2, 0.25) is 0 Å². The van der Waals surface area contributed by atoms with Crippen molar-refractivity contribution in [2.75, 3.05) is 0 Å². The van der Waals surface area contributed by atoms with Crippen molar-refractivity contribution in [1.29, 1.82) is 0 Å². The second-order valence-electron chi connectivity index (χ2n) is 8.23. The van der Waals surface area contributed by atoms with Crippen LogP contribution in [0, 0.1) is 0 Å². The number of para-hydroxylation sites is 1. The third kappa shape index (κ3) is 2.96. The van der Waals surface area contributed by atoms with Gasteiger partial charge in [-0.1, -0.05) is 36.4 Å². The number of aromatic nitrogens is 8. The Balaban J connectivity index is 1.36. The minimum Gasteiger partial charge on any atom is -0.337 e. The highest BCUT2D eigenvalue weighted by molar-refractivity contribution is 5.99. The molecule has 0 radical (unpaired) electrons. The van der Waals surface area contributed by atoms with Gasteiger partial charge in [-0.25, -0.2) is 15.0 Å². The fourth-order valence-electron chi connectivity index (χ4n) is 4.49. The topological polar surface area (TPSA) is 101 Å². The van der Waals surface area contributed by atoms with Crippen molar-refractivity contribution in [1.82, 2.24) is 39.7 Å². The van der Waals surface area contributed by atoms with Crippen LogP contribution in [0.15, 0.2) is 85.8 Å². The predicted molar refractivity (Wildman–Crippen MR) is 131 cm³/mol. The van der Waals surface area contributed by atoms with Crippen LogP contribution in [0.5, 0.6) is 0 Å². The molecule has 0 saturated heterocycles. The van der Waals surface area contributed by atoms with Gasteiger partial charge < -0.3 is 9.55 Å². The molecule has 2 N–H and O–H groups in total. The number of aromatic amines is 2. The van der Waals surface area contributed by atoms with Crippen LogP contribution in [0.4, 0.5) is 0 Å². The number of fused-ring (bicyclic) bond motifs is 3. The van der Waals surface area contributed by atoms with Gasteiger partial charge in [0.25, 0.3) is 0 Å². The Morgan fingerprint density at radius 1 is 0.912 bits per heavy atom. The Kier molecular flexibility index (Phi) is 4.04. The average molecular weight is 442 g/mol. The highest BCUT2D eigenvalue weighted by Crippen LogP contribution is 2.32. The summed E-state index contributed by atoms with van der Waals surface area (Å²) in [6, 6.07) is 16.5. The van der Waals surface area contributed by atoms with Crippen molar-refractivity contribution < 1.29 is 0 Å². The van der Waals surface area contributed by atoms with Crippen LogP contribution >= 0.6 is 0 Å². The van der Waals surface area contributed by atoms with E-state index < -0.39 is 0 Å². The maximum atomic E-state index is 4.93. The number of hydrogen-bond donors (Lipinski definition) is 2. The van der Waals surface area contributed by atoms with E-state index in [1.165, 1.54) is 0 Å². The van der Waals surface area contributed by atoms with Crippen LogP contribution in [0.3, 0.4) is 0 Å². The Morgan fingerprint density at radius 2 is 1.88 bits per heavy atom. The Labute approximate surface area is 193 Å². The normalized spacial score (nSPS) is 11.6. The molecule has 0 aliphatic heterocycles. The molecule has 0 unspecified atom stereocenters. The molecule has 0 aliphatic rings. The molecule has 0 spiro atoms. The molecule has 34 heavy (non-hydrogen) atoms. The quantitative estimate of drug-likeness (QED) is 0.401. The summed E-state index contributed by atoms with van der Waals surface area (Å²) in [5.74, 6) is 0.703. The van der Waals surface area contributed by atoms with Crippen LogP contribution in [-0.2, 0) is 6.54 Å². The fraction of sp³-hybridized carbons (Fsp3) is 0.0385. The van der Waals surface area contributed by atoms with Gasteiger partial charge in [-0.3, -0.25) is 10.1 Å². The van der Waals surface area contributed by atoms with E-state index in [4.69, 9.17) is 4.98 Å². The third-order valence-corrected chi connectivity index (χ3v) is 6.13. The molecule has 2 aromatic carbocycles. The number of hydrogen-bond acceptors (Lipinski definition) is 5. The summed E-state index contributed by atoms with van der Waals surface area (Å²) >= 11 is 0. The molecule has 0 aliphatic carbocycles. The van der Waals surface area contributed by atoms with E-state index in [-0.39, 0.29) is 0 Å². The van der Waals surface area contributed by atoms with Gasteiger partial charge in [0.05, 0.1) is 29.3 Å². The number of nitrogens with zero attached hydrogens (tertiary/aromatic N) is 6. The minimum absolute atomic E-state index is 0.697. The summed E-state index contributed by atoms with van der Waals surface area (Å²) in [5.41, 5.74) is 6.46. The zero-order valence-electron chi connectivity index (χ0n) is 18.0. The Morgan fingerprint density at radius 3 is 2.82 bits per heavy atom. The van der Waals surface area contributed by atoms with Gasteiger partial charge in [-0.15, -0.1) is 0 Å². The number of rotatable bonds is 4. The number of nitrogens with one attached hydrogen (secondary N) is 2. The van der Waals surface area contributed by atoms with E-state index in [0.29, 0.717) is 18.0 Å². The van der Waals surface area contributed by atoms with E-state index in [9.17, 15) is 0 Å². The highest BCUT2D eigenvalue weighted by atomic mass is 15.2. The van der Waals surface area contributed by atoms with Crippen LogP contribution in [0.1, 0.15) is 5.56 Å². The summed E-state index contributed by atoms with van der Waals surface area (Å²) in [6.07, 6.45) is 11.2. The van der Waals surface area contributed by atoms with E-state index in [1.807, 2.05) is 59.9 Å². The molecule has 0 bridgehead atoms. The monoisotopic (exact) mass is 442 g/mol. The number of imidazole rings is 2. The van der Waals surface area contributed by atoms with Crippen molar-refractivity contribution in [3.05, 3.63) is 91.4 Å². The van der Waals surface area contributed by atoms with E-state index in [0.717, 1.165) is 49.6 Å². The molecule has 8 heteroatoms. The van der Waals surface area contributed by atoms with Gasteiger partial charge in [0, 0.05) is 47.5 Å². The lowest BCUT2D eigenvalue weighted by Crippen LogP contribution is -1.97. The molecule has 7 rings (SSSR count). The molecular weight excluding hydrogens is 424 g/mol. The molecule has 0 amide bonds. The zero-order valence-corrected chi connectivity index (χ0v) is 18.0. The number of H-pyrrole nitrogens is 2. The lowest BCUT2D eigenvalue weighted by Gasteiger charge is -2.06. The van der Waals surface area contributed by atoms with Gasteiger partial charge in [0.15, 0.2) is 11.5 Å². The zero-order chi connectivity index (χ0) is 22.5. The molecule has 0 saturated carbocycles. The number of benzene rings is 2. The number of pyridine rings is 2. The standard InChI is InChI=1S/C26H18N8/c1-2-6-19-16(4-1)11-28-13-21(19)18-10-20-24(32-33-25(20)29-12-18)26-30-22-7-3-5-17(23(22)31-26)14-34-9-8-27-15-34/h1-13,15H,14H2,(H,30,31)(H,29,32,33). The second kappa shape index (κ2) is 7.35. The summed E-state index contributed by atoms with van der Waals surface area (Å²) in [4.78, 5) is 21.6. The average Bonchev–Trinajstić information content (AvgIpc) is 3.63. The molecule has 162 valence electrons. The van der Waals surface area contributed by atoms with Gasteiger partial charge in [-0.05, 0) is 23.1 Å². The van der Waals surface area contributed by atoms with Crippen LogP contribution in [0.25, 0.3) is 55.5 Å². The molecule has 0 fully saturated rings. The fourth-order valence-corrected chi connectivity index (χ4v) is 4.49. The van der Waals surface area contributed by atoms with Crippen molar-refractivity contribution in [2.45, 2.75) is 6.54 Å². The van der Waals surface area contributed by atoms with Gasteiger partial charge in [0.2, 0.25) is 0 Å². The highest BCUT2D eigenvalue weighted by Gasteiger charge is 2.16. The first-order chi connectivity index (χ1) is 16.8. The van der Waals surface area contributed by atoms with E-state index >= 15 is 0 Å². The summed E-state index contributed by atoms with van der Waals surface area (Å²) in [6.45, 7) is 0.697. The summed E-state index contributed by atoms with van der Waals surface area (Å²) in [5, 5.41) is 10.7. The second-order valence-corrected chi connectivity index (χ2v) is 8.23. The van der Waals surface area contributed by atoms with Gasteiger partial charge in [0.1, 0.15) is 5.69 Å². The van der Waals surface area contributed by atoms with Gasteiger partial charge >= 0.3 is 0 Å². The largest absolute Gasteiger partial charge is 0.337 e. The third-order valence-electron chi connectivity index (χ3n) is 6.13. The van der Waals surface area contributed by atoms with E-state index in [1.54, 1.807) is 6.20 Å². The first-order valence-corrected chi connectivity index (χ1v) is 10.9. The lowest BCUT2D eigenvalue weighted by molar-refractivity contribution is 0.801. The predicted octanol–water partition coefficient (Wildman–Crippen LogP) is 4.96. The molecule has 0 atom stereocenters. The molecule has 5 heterocycles. The SMILES string of the molecule is c1ccc2c(-c3cnc4[nH]nc(-c5nc6c(Cn7ccnc7)cccc6[nH]5)c4c3)cncc2c1. The molecule has 5 aromatic heterocycles. The summed E-state index contributed by atoms with van der Waals surface area (Å²) in [7, 11) is 0. The molecule has 8 nitrogen and oxygen atoms in total. The van der Waals surface area contributed by atoms with Crippen LogP contribution < -0.4 is 0 Å². The lowest BCUT2D eigenvalue weighted by atomic mass is 10.0. The smallest absolute Gasteiger partial charge is 0.159 e. The first-order valence-electron chi connectivity index (χ1n) is 10.9. The molecular formula is C26H18N8. The van der Waals surface area contributed by atoms with Crippen LogP contribution in [-0.4, -0.2) is 39.7 Å². The summed E-state index contributed by atoms with van der Waals surface area (Å²) < 4.78 is 2.03. The Hall–Kier alpha value is -4.85. The van der Waals surface area contributed by atoms with Gasteiger partial charge in [-0.2, -0.15) is 5.10 Å². The minimum atomic E-state index is 0.697. The van der Waals surface area contributed by atoms with E-state index in [2.05, 4.69) is 54.4 Å². The molecule has 7 aromatic rings. The first kappa shape index (κ1) is 18.7. The van der Waals surface area contributed by atoms with Crippen molar-refractivity contribution in [3.63, 3.8) is 0 Å². The maximum absolute atomic E-state index is 4.93. The van der Waals surface area contributed by atoms with Crippen molar-refractivity contribution >= 4 is 32.8 Å².